The fourth-order valence-corrected chi connectivity index (χ4v) is 3.76. The maximum absolute atomic E-state index is 12.6. The number of carbonyl (C=O) groups excluding carboxylic acids is 1. The van der Waals surface area contributed by atoms with Crippen LogP contribution in [-0.4, -0.2) is 28.4 Å². The van der Waals surface area contributed by atoms with Gasteiger partial charge in [0, 0.05) is 11.9 Å². The molecule has 0 aliphatic heterocycles. The SMILES string of the molecule is Cc1ncsc1CN(C)C(=O)C1(N)CCCC(C)C1. The van der Waals surface area contributed by atoms with Gasteiger partial charge in [-0.25, -0.2) is 4.98 Å². The lowest BCUT2D eigenvalue weighted by molar-refractivity contribution is -0.138. The van der Waals surface area contributed by atoms with Gasteiger partial charge in [0.05, 0.1) is 23.3 Å². The number of likely N-dealkylation sites (N-methyl/N-ethyl adjacent to an activating group) is 1. The zero-order valence-corrected chi connectivity index (χ0v) is 12.8. The Balaban J connectivity index is 2.04. The van der Waals surface area contributed by atoms with Gasteiger partial charge in [0.1, 0.15) is 0 Å². The minimum Gasteiger partial charge on any atom is -0.339 e. The van der Waals surface area contributed by atoms with Crippen molar-refractivity contribution in [1.82, 2.24) is 9.88 Å². The van der Waals surface area contributed by atoms with Gasteiger partial charge in [-0.1, -0.05) is 19.8 Å². The number of rotatable bonds is 3. The molecule has 1 fully saturated rings. The van der Waals surface area contributed by atoms with Gasteiger partial charge in [0.25, 0.3) is 0 Å². The Morgan fingerprint density at radius 2 is 2.42 bits per heavy atom. The van der Waals surface area contributed by atoms with E-state index in [9.17, 15) is 4.79 Å². The van der Waals surface area contributed by atoms with Crippen molar-refractivity contribution >= 4 is 17.2 Å². The predicted octanol–water partition coefficient (Wildman–Crippen LogP) is 2.32. The summed E-state index contributed by atoms with van der Waals surface area (Å²) in [7, 11) is 1.84. The predicted molar refractivity (Wildman–Crippen MR) is 77.9 cm³/mol. The molecule has 0 bridgehead atoms. The van der Waals surface area contributed by atoms with Gasteiger partial charge in [0.15, 0.2) is 0 Å². The van der Waals surface area contributed by atoms with Crippen molar-refractivity contribution in [2.75, 3.05) is 7.05 Å². The van der Waals surface area contributed by atoms with E-state index < -0.39 is 5.54 Å². The lowest BCUT2D eigenvalue weighted by atomic mass is 9.76. The molecule has 2 N–H and O–H groups in total. The van der Waals surface area contributed by atoms with Gasteiger partial charge in [-0.15, -0.1) is 11.3 Å². The number of thiazole rings is 1. The summed E-state index contributed by atoms with van der Waals surface area (Å²) < 4.78 is 0. The number of nitrogens with zero attached hydrogens (tertiary/aromatic N) is 2. The Kier molecular flexibility index (Phi) is 4.26. The van der Waals surface area contributed by atoms with Gasteiger partial charge >= 0.3 is 0 Å². The van der Waals surface area contributed by atoms with E-state index in [2.05, 4.69) is 11.9 Å². The van der Waals surface area contributed by atoms with Gasteiger partial charge in [-0.3, -0.25) is 4.79 Å². The summed E-state index contributed by atoms with van der Waals surface area (Å²) in [5.74, 6) is 0.619. The van der Waals surface area contributed by atoms with Crippen LogP contribution in [0.5, 0.6) is 0 Å². The average Bonchev–Trinajstić information content (AvgIpc) is 2.73. The normalized spacial score (nSPS) is 27.3. The molecule has 19 heavy (non-hydrogen) atoms. The third-order valence-corrected chi connectivity index (χ3v) is 4.95. The van der Waals surface area contributed by atoms with Gasteiger partial charge in [-0.2, -0.15) is 0 Å². The first-order valence-electron chi connectivity index (χ1n) is 6.86. The van der Waals surface area contributed by atoms with Crippen molar-refractivity contribution in [3.63, 3.8) is 0 Å². The van der Waals surface area contributed by atoms with Gasteiger partial charge in [0.2, 0.25) is 5.91 Å². The first-order valence-corrected chi connectivity index (χ1v) is 7.74. The van der Waals surface area contributed by atoms with Crippen LogP contribution in [0.2, 0.25) is 0 Å². The number of aromatic nitrogens is 1. The summed E-state index contributed by atoms with van der Waals surface area (Å²) in [5.41, 5.74) is 8.53. The van der Waals surface area contributed by atoms with Crippen molar-refractivity contribution in [2.45, 2.75) is 51.6 Å². The Labute approximate surface area is 119 Å². The number of hydrogen-bond acceptors (Lipinski definition) is 4. The number of hydrogen-bond donors (Lipinski definition) is 1. The lowest BCUT2D eigenvalue weighted by Crippen LogP contribution is -2.56. The molecule has 2 atom stereocenters. The van der Waals surface area contributed by atoms with Crippen molar-refractivity contribution in [3.8, 4) is 0 Å². The van der Waals surface area contributed by atoms with Crippen LogP contribution in [0.1, 0.15) is 43.2 Å². The third kappa shape index (κ3) is 3.15. The Morgan fingerprint density at radius 1 is 1.68 bits per heavy atom. The van der Waals surface area contributed by atoms with E-state index in [4.69, 9.17) is 5.73 Å². The Bertz CT molecular complexity index is 459. The van der Waals surface area contributed by atoms with Crippen molar-refractivity contribution in [1.29, 1.82) is 0 Å². The summed E-state index contributed by atoms with van der Waals surface area (Å²) in [4.78, 5) is 19.7. The fourth-order valence-electron chi connectivity index (χ4n) is 2.93. The highest BCUT2D eigenvalue weighted by Crippen LogP contribution is 2.32. The molecule has 1 aromatic heterocycles. The van der Waals surface area contributed by atoms with Crippen LogP contribution in [0, 0.1) is 12.8 Å². The zero-order valence-electron chi connectivity index (χ0n) is 12.0. The summed E-state index contributed by atoms with van der Waals surface area (Å²) in [6.45, 7) is 4.77. The standard InChI is InChI=1S/C14H23N3OS/c1-10-5-4-6-14(15,7-10)13(18)17(3)8-12-11(2)16-9-19-12/h9-10H,4-8,15H2,1-3H3. The zero-order chi connectivity index (χ0) is 14.0. The van der Waals surface area contributed by atoms with E-state index in [1.165, 1.54) is 6.42 Å². The van der Waals surface area contributed by atoms with E-state index in [0.717, 1.165) is 29.8 Å². The van der Waals surface area contributed by atoms with Crippen LogP contribution in [0.25, 0.3) is 0 Å². The van der Waals surface area contributed by atoms with Crippen molar-refractivity contribution in [3.05, 3.63) is 16.1 Å². The first-order chi connectivity index (χ1) is 8.92. The van der Waals surface area contributed by atoms with Crippen LogP contribution >= 0.6 is 11.3 Å². The molecule has 1 aliphatic rings. The molecular formula is C14H23N3OS. The molecule has 4 nitrogen and oxygen atoms in total. The van der Waals surface area contributed by atoms with Crippen LogP contribution in [-0.2, 0) is 11.3 Å². The second-order valence-electron chi connectivity index (χ2n) is 5.88. The van der Waals surface area contributed by atoms with Crippen LogP contribution in [0.4, 0.5) is 0 Å². The van der Waals surface area contributed by atoms with Crippen molar-refractivity contribution in [2.24, 2.45) is 11.7 Å². The summed E-state index contributed by atoms with van der Waals surface area (Å²) in [6, 6.07) is 0. The highest BCUT2D eigenvalue weighted by atomic mass is 32.1. The molecule has 106 valence electrons. The summed E-state index contributed by atoms with van der Waals surface area (Å²) in [5, 5.41) is 0. The first kappa shape index (κ1) is 14.5. The molecule has 0 spiro atoms. The van der Waals surface area contributed by atoms with Crippen LogP contribution in [0.3, 0.4) is 0 Å². The van der Waals surface area contributed by atoms with Gasteiger partial charge < -0.3 is 10.6 Å². The summed E-state index contributed by atoms with van der Waals surface area (Å²) in [6.07, 6.45) is 3.85. The highest BCUT2D eigenvalue weighted by molar-refractivity contribution is 7.09. The maximum Gasteiger partial charge on any atom is 0.242 e. The third-order valence-electron chi connectivity index (χ3n) is 4.03. The second kappa shape index (κ2) is 5.59. The smallest absolute Gasteiger partial charge is 0.242 e. The molecule has 5 heteroatoms. The minimum absolute atomic E-state index is 0.0758. The minimum atomic E-state index is -0.662. The number of carbonyl (C=O) groups is 1. The number of nitrogens with two attached hydrogens (primary N) is 1. The monoisotopic (exact) mass is 281 g/mol. The molecule has 1 saturated carbocycles. The molecule has 2 rings (SSSR count). The quantitative estimate of drug-likeness (QED) is 0.925. The largest absolute Gasteiger partial charge is 0.339 e. The van der Waals surface area contributed by atoms with E-state index in [1.807, 2.05) is 19.5 Å². The topological polar surface area (TPSA) is 59.2 Å². The fraction of sp³-hybridized carbons (Fsp3) is 0.714. The second-order valence-corrected chi connectivity index (χ2v) is 6.82. The van der Waals surface area contributed by atoms with E-state index in [1.54, 1.807) is 16.2 Å². The molecule has 1 amide bonds. The Hall–Kier alpha value is -0.940. The average molecular weight is 281 g/mol. The lowest BCUT2D eigenvalue weighted by Gasteiger charge is -2.38. The molecule has 0 radical (unpaired) electrons. The highest BCUT2D eigenvalue weighted by Gasteiger charge is 2.39. The molecule has 1 heterocycles. The van der Waals surface area contributed by atoms with Crippen LogP contribution < -0.4 is 5.73 Å². The Morgan fingerprint density at radius 3 is 3.00 bits per heavy atom. The molecule has 1 aromatic rings. The van der Waals surface area contributed by atoms with E-state index in [-0.39, 0.29) is 5.91 Å². The van der Waals surface area contributed by atoms with Crippen LogP contribution in [0.15, 0.2) is 5.51 Å². The van der Waals surface area contributed by atoms with Crippen molar-refractivity contribution < 1.29 is 4.79 Å². The molecule has 2 unspecified atom stereocenters. The number of amides is 1. The van der Waals surface area contributed by atoms with Gasteiger partial charge in [-0.05, 0) is 25.7 Å². The van der Waals surface area contributed by atoms with E-state index in [0.29, 0.717) is 12.5 Å². The molecule has 0 aromatic carbocycles. The maximum atomic E-state index is 12.6. The molecular weight excluding hydrogens is 258 g/mol. The number of aryl methyl sites for hydroxylation is 1. The van der Waals surface area contributed by atoms with E-state index >= 15 is 0 Å². The summed E-state index contributed by atoms with van der Waals surface area (Å²) >= 11 is 1.60. The molecule has 1 aliphatic carbocycles. The molecule has 0 saturated heterocycles.